The minimum Gasteiger partial charge on any atom is -0.493 e. The zero-order valence-corrected chi connectivity index (χ0v) is 11.1. The lowest BCUT2D eigenvalue weighted by atomic mass is 10.2. The Hall–Kier alpha value is -1.19. The third-order valence-corrected chi connectivity index (χ3v) is 3.40. The molecule has 17 heavy (non-hydrogen) atoms. The fraction of sp³-hybridized carbons (Fsp3) is 0.231. The van der Waals surface area contributed by atoms with Gasteiger partial charge in [-0.15, -0.1) is 11.6 Å². The van der Waals surface area contributed by atoms with Crippen molar-refractivity contribution in [3.63, 3.8) is 0 Å². The molecule has 0 spiro atoms. The molecule has 0 saturated heterocycles. The van der Waals surface area contributed by atoms with E-state index in [0.29, 0.717) is 12.5 Å². The van der Waals surface area contributed by atoms with Crippen LogP contribution in [0.15, 0.2) is 35.0 Å². The Bertz CT molecular complexity index is 468. The molecule has 0 amide bonds. The molecule has 1 aromatic heterocycles. The van der Waals surface area contributed by atoms with Crippen LogP contribution in [0.1, 0.15) is 11.1 Å². The fourth-order valence-electron chi connectivity index (χ4n) is 1.45. The first kappa shape index (κ1) is 12.3. The lowest BCUT2D eigenvalue weighted by molar-refractivity contribution is 0.285. The Kier molecular flexibility index (Phi) is 4.29. The van der Waals surface area contributed by atoms with Crippen molar-refractivity contribution in [3.8, 4) is 11.5 Å². The molecule has 0 saturated carbocycles. The van der Waals surface area contributed by atoms with Crippen LogP contribution in [0.3, 0.4) is 0 Å². The SMILES string of the molecule is COc1cc(CCl)ccc1OCc1ccsc1. The molecule has 4 heteroatoms. The van der Waals surface area contributed by atoms with Crippen LogP contribution in [0.5, 0.6) is 11.5 Å². The average molecular weight is 269 g/mol. The summed E-state index contributed by atoms with van der Waals surface area (Å²) in [5, 5.41) is 4.10. The molecule has 0 unspecified atom stereocenters. The topological polar surface area (TPSA) is 18.5 Å². The number of ether oxygens (including phenoxy) is 2. The summed E-state index contributed by atoms with van der Waals surface area (Å²) in [5.74, 6) is 1.94. The highest BCUT2D eigenvalue weighted by atomic mass is 35.5. The molecule has 2 aromatic rings. The molecular formula is C13H13ClO2S. The Morgan fingerprint density at radius 3 is 2.71 bits per heavy atom. The maximum atomic E-state index is 5.77. The van der Waals surface area contributed by atoms with E-state index in [2.05, 4.69) is 5.38 Å². The van der Waals surface area contributed by atoms with Crippen molar-refractivity contribution in [2.75, 3.05) is 7.11 Å². The number of hydrogen-bond acceptors (Lipinski definition) is 3. The van der Waals surface area contributed by atoms with Crippen LogP contribution in [0.25, 0.3) is 0 Å². The number of alkyl halides is 1. The van der Waals surface area contributed by atoms with Crippen molar-refractivity contribution in [3.05, 3.63) is 46.2 Å². The van der Waals surface area contributed by atoms with Gasteiger partial charge in [-0.05, 0) is 40.1 Å². The van der Waals surface area contributed by atoms with Gasteiger partial charge in [0.15, 0.2) is 11.5 Å². The van der Waals surface area contributed by atoms with Crippen LogP contribution in [0.2, 0.25) is 0 Å². The summed E-state index contributed by atoms with van der Waals surface area (Å²) in [7, 11) is 1.63. The first-order valence-electron chi connectivity index (χ1n) is 5.20. The summed E-state index contributed by atoms with van der Waals surface area (Å²) in [6.07, 6.45) is 0. The van der Waals surface area contributed by atoms with E-state index in [1.165, 1.54) is 5.56 Å². The number of methoxy groups -OCH3 is 1. The van der Waals surface area contributed by atoms with Crippen molar-refractivity contribution in [2.24, 2.45) is 0 Å². The molecule has 0 N–H and O–H groups in total. The van der Waals surface area contributed by atoms with Gasteiger partial charge < -0.3 is 9.47 Å². The molecule has 0 aliphatic heterocycles. The smallest absolute Gasteiger partial charge is 0.161 e. The Morgan fingerprint density at radius 1 is 1.18 bits per heavy atom. The molecule has 1 heterocycles. The average Bonchev–Trinajstić information content (AvgIpc) is 2.89. The fourth-order valence-corrected chi connectivity index (χ4v) is 2.27. The molecule has 90 valence electrons. The molecule has 0 aliphatic carbocycles. The molecule has 1 aromatic carbocycles. The Morgan fingerprint density at radius 2 is 2.06 bits per heavy atom. The summed E-state index contributed by atoms with van der Waals surface area (Å²) in [6, 6.07) is 7.78. The Labute approximate surface area is 110 Å². The maximum Gasteiger partial charge on any atom is 0.161 e. The number of hydrogen-bond donors (Lipinski definition) is 0. The minimum atomic E-state index is 0.473. The van der Waals surface area contributed by atoms with Gasteiger partial charge in [0, 0.05) is 5.88 Å². The van der Waals surface area contributed by atoms with Gasteiger partial charge in [0.2, 0.25) is 0 Å². The monoisotopic (exact) mass is 268 g/mol. The second kappa shape index (κ2) is 5.94. The molecule has 0 radical (unpaired) electrons. The standard InChI is InChI=1S/C13H13ClO2S/c1-15-13-6-10(7-14)2-3-12(13)16-8-11-4-5-17-9-11/h2-6,9H,7-8H2,1H3. The van der Waals surface area contributed by atoms with Crippen molar-refractivity contribution in [1.29, 1.82) is 0 Å². The first-order chi connectivity index (χ1) is 8.33. The van der Waals surface area contributed by atoms with E-state index < -0.39 is 0 Å². The summed E-state index contributed by atoms with van der Waals surface area (Å²) < 4.78 is 11.0. The van der Waals surface area contributed by atoms with Gasteiger partial charge in [-0.3, -0.25) is 0 Å². The van der Waals surface area contributed by atoms with E-state index in [1.54, 1.807) is 18.4 Å². The largest absolute Gasteiger partial charge is 0.493 e. The van der Waals surface area contributed by atoms with E-state index in [1.807, 2.05) is 29.6 Å². The molecule has 0 bridgehead atoms. The number of halogens is 1. The van der Waals surface area contributed by atoms with Crippen LogP contribution in [0, 0.1) is 0 Å². The molecule has 0 aliphatic rings. The van der Waals surface area contributed by atoms with E-state index in [0.717, 1.165) is 17.1 Å². The van der Waals surface area contributed by atoms with Gasteiger partial charge in [0.25, 0.3) is 0 Å². The predicted octanol–water partition coefficient (Wildman–Crippen LogP) is 4.07. The van der Waals surface area contributed by atoms with Gasteiger partial charge in [-0.25, -0.2) is 0 Å². The second-order valence-corrected chi connectivity index (χ2v) is 4.59. The lowest BCUT2D eigenvalue weighted by Crippen LogP contribution is -1.97. The van der Waals surface area contributed by atoms with Crippen molar-refractivity contribution >= 4 is 22.9 Å². The minimum absolute atomic E-state index is 0.473. The van der Waals surface area contributed by atoms with Gasteiger partial charge in [0.1, 0.15) is 6.61 Å². The third kappa shape index (κ3) is 3.14. The summed E-state index contributed by atoms with van der Waals surface area (Å²) in [6.45, 7) is 0.556. The highest BCUT2D eigenvalue weighted by Crippen LogP contribution is 2.29. The van der Waals surface area contributed by atoms with Crippen molar-refractivity contribution in [1.82, 2.24) is 0 Å². The van der Waals surface area contributed by atoms with Crippen LogP contribution in [-0.4, -0.2) is 7.11 Å². The molecule has 2 rings (SSSR count). The van der Waals surface area contributed by atoms with Gasteiger partial charge in [0.05, 0.1) is 7.11 Å². The predicted molar refractivity (Wildman–Crippen MR) is 71.2 cm³/mol. The highest BCUT2D eigenvalue weighted by molar-refractivity contribution is 7.07. The van der Waals surface area contributed by atoms with Crippen LogP contribution < -0.4 is 9.47 Å². The normalized spacial score (nSPS) is 10.2. The molecule has 2 nitrogen and oxygen atoms in total. The number of rotatable bonds is 5. The summed E-state index contributed by atoms with van der Waals surface area (Å²) in [4.78, 5) is 0. The van der Waals surface area contributed by atoms with Crippen LogP contribution in [-0.2, 0) is 12.5 Å². The van der Waals surface area contributed by atoms with Crippen LogP contribution in [0.4, 0.5) is 0 Å². The van der Waals surface area contributed by atoms with Gasteiger partial charge in [-0.2, -0.15) is 11.3 Å². The summed E-state index contributed by atoms with van der Waals surface area (Å²) in [5.41, 5.74) is 2.19. The lowest BCUT2D eigenvalue weighted by Gasteiger charge is -2.10. The Balaban J connectivity index is 2.09. The van der Waals surface area contributed by atoms with E-state index in [4.69, 9.17) is 21.1 Å². The molecular weight excluding hydrogens is 256 g/mol. The number of thiophene rings is 1. The van der Waals surface area contributed by atoms with Crippen LogP contribution >= 0.6 is 22.9 Å². The quantitative estimate of drug-likeness (QED) is 0.761. The number of benzene rings is 1. The van der Waals surface area contributed by atoms with Gasteiger partial charge in [-0.1, -0.05) is 6.07 Å². The van der Waals surface area contributed by atoms with Crippen molar-refractivity contribution in [2.45, 2.75) is 12.5 Å². The van der Waals surface area contributed by atoms with Crippen molar-refractivity contribution < 1.29 is 9.47 Å². The van der Waals surface area contributed by atoms with E-state index >= 15 is 0 Å². The summed E-state index contributed by atoms with van der Waals surface area (Å²) >= 11 is 7.43. The van der Waals surface area contributed by atoms with E-state index in [9.17, 15) is 0 Å². The molecule has 0 atom stereocenters. The zero-order chi connectivity index (χ0) is 12.1. The third-order valence-electron chi connectivity index (χ3n) is 2.36. The first-order valence-corrected chi connectivity index (χ1v) is 6.68. The zero-order valence-electron chi connectivity index (χ0n) is 9.48. The second-order valence-electron chi connectivity index (χ2n) is 3.54. The highest BCUT2D eigenvalue weighted by Gasteiger charge is 2.05. The van der Waals surface area contributed by atoms with E-state index in [-0.39, 0.29) is 0 Å². The maximum absolute atomic E-state index is 5.77. The molecule has 0 fully saturated rings. The van der Waals surface area contributed by atoms with Gasteiger partial charge >= 0.3 is 0 Å².